The SMILES string of the molecule is CC(C)(C)C(CCCl)Nc1ccncc1Br. The molecule has 90 valence electrons. The molecule has 1 heterocycles. The van der Waals surface area contributed by atoms with E-state index in [1.807, 2.05) is 6.07 Å². The normalized spacial score (nSPS) is 13.6. The van der Waals surface area contributed by atoms with Crippen molar-refractivity contribution >= 4 is 33.2 Å². The standard InChI is InChI=1S/C12H18BrClN2/c1-12(2,3)11(4-6-14)16-10-5-7-15-8-9(10)13/h5,7-8,11H,4,6H2,1-3H3,(H,15,16). The predicted molar refractivity (Wildman–Crippen MR) is 74.1 cm³/mol. The predicted octanol–water partition coefficient (Wildman–Crippen LogP) is 4.30. The molecular weight excluding hydrogens is 288 g/mol. The first-order valence-electron chi connectivity index (χ1n) is 5.37. The van der Waals surface area contributed by atoms with Gasteiger partial charge in [-0.3, -0.25) is 4.98 Å². The number of alkyl halides is 1. The fourth-order valence-electron chi connectivity index (χ4n) is 1.51. The van der Waals surface area contributed by atoms with E-state index >= 15 is 0 Å². The molecule has 0 aliphatic rings. The van der Waals surface area contributed by atoms with E-state index in [9.17, 15) is 0 Å². The molecule has 1 N–H and O–H groups in total. The van der Waals surface area contributed by atoms with Crippen molar-refractivity contribution in [3.63, 3.8) is 0 Å². The third-order valence-electron chi connectivity index (χ3n) is 2.55. The van der Waals surface area contributed by atoms with E-state index in [0.29, 0.717) is 11.9 Å². The maximum absolute atomic E-state index is 5.84. The number of aromatic nitrogens is 1. The number of rotatable bonds is 4. The van der Waals surface area contributed by atoms with Crippen LogP contribution in [0.5, 0.6) is 0 Å². The van der Waals surface area contributed by atoms with Crippen LogP contribution in [0, 0.1) is 5.41 Å². The fourth-order valence-corrected chi connectivity index (χ4v) is 2.09. The van der Waals surface area contributed by atoms with Crippen molar-refractivity contribution in [3.8, 4) is 0 Å². The van der Waals surface area contributed by atoms with Gasteiger partial charge in [-0.2, -0.15) is 0 Å². The molecule has 0 saturated heterocycles. The molecule has 4 heteroatoms. The Balaban J connectivity index is 2.80. The second kappa shape index (κ2) is 5.87. The van der Waals surface area contributed by atoms with Crippen molar-refractivity contribution in [3.05, 3.63) is 22.9 Å². The summed E-state index contributed by atoms with van der Waals surface area (Å²) in [5, 5.41) is 3.52. The molecule has 2 nitrogen and oxygen atoms in total. The van der Waals surface area contributed by atoms with Crippen LogP contribution in [0.3, 0.4) is 0 Å². The molecule has 0 saturated carbocycles. The van der Waals surface area contributed by atoms with Gasteiger partial charge in [-0.1, -0.05) is 20.8 Å². The molecule has 16 heavy (non-hydrogen) atoms. The lowest BCUT2D eigenvalue weighted by Gasteiger charge is -2.32. The molecule has 0 spiro atoms. The third kappa shape index (κ3) is 3.95. The molecule has 1 rings (SSSR count). The first kappa shape index (κ1) is 13.8. The van der Waals surface area contributed by atoms with Crippen molar-refractivity contribution in [1.82, 2.24) is 4.98 Å². The lowest BCUT2D eigenvalue weighted by molar-refractivity contribution is 0.334. The molecule has 1 aromatic heterocycles. The minimum atomic E-state index is 0.178. The number of hydrogen-bond donors (Lipinski definition) is 1. The Morgan fingerprint density at radius 1 is 1.50 bits per heavy atom. The van der Waals surface area contributed by atoms with E-state index in [4.69, 9.17) is 11.6 Å². The zero-order chi connectivity index (χ0) is 12.2. The molecule has 0 amide bonds. The largest absolute Gasteiger partial charge is 0.381 e. The summed E-state index contributed by atoms with van der Waals surface area (Å²) in [7, 11) is 0. The summed E-state index contributed by atoms with van der Waals surface area (Å²) in [4.78, 5) is 4.05. The summed E-state index contributed by atoms with van der Waals surface area (Å²) < 4.78 is 0.985. The summed E-state index contributed by atoms with van der Waals surface area (Å²) >= 11 is 9.33. The number of hydrogen-bond acceptors (Lipinski definition) is 2. The molecule has 1 unspecified atom stereocenters. The van der Waals surface area contributed by atoms with Crippen LogP contribution in [0.2, 0.25) is 0 Å². The molecule has 0 fully saturated rings. The monoisotopic (exact) mass is 304 g/mol. The second-order valence-electron chi connectivity index (χ2n) is 4.90. The van der Waals surface area contributed by atoms with Crippen LogP contribution in [0.15, 0.2) is 22.9 Å². The van der Waals surface area contributed by atoms with Gasteiger partial charge in [0.2, 0.25) is 0 Å². The van der Waals surface area contributed by atoms with Crippen molar-refractivity contribution in [2.75, 3.05) is 11.2 Å². The minimum Gasteiger partial charge on any atom is -0.381 e. The van der Waals surface area contributed by atoms with Crippen molar-refractivity contribution in [2.24, 2.45) is 5.41 Å². The summed E-state index contributed by atoms with van der Waals surface area (Å²) in [6.07, 6.45) is 4.52. The Morgan fingerprint density at radius 2 is 2.19 bits per heavy atom. The molecule has 0 aliphatic carbocycles. The summed E-state index contributed by atoms with van der Waals surface area (Å²) in [6, 6.07) is 2.32. The van der Waals surface area contributed by atoms with E-state index in [2.05, 4.69) is 47.0 Å². The Hall–Kier alpha value is -0.280. The van der Waals surface area contributed by atoms with Crippen LogP contribution >= 0.6 is 27.5 Å². The first-order chi connectivity index (χ1) is 7.45. The van der Waals surface area contributed by atoms with Gasteiger partial charge in [-0.25, -0.2) is 0 Å². The molecule has 0 radical (unpaired) electrons. The first-order valence-corrected chi connectivity index (χ1v) is 6.70. The van der Waals surface area contributed by atoms with Crippen LogP contribution in [-0.2, 0) is 0 Å². The average molecular weight is 306 g/mol. The van der Waals surface area contributed by atoms with Gasteiger partial charge >= 0.3 is 0 Å². The molecule has 1 atom stereocenters. The highest BCUT2D eigenvalue weighted by Crippen LogP contribution is 2.28. The quantitative estimate of drug-likeness (QED) is 0.839. The van der Waals surface area contributed by atoms with E-state index in [1.54, 1.807) is 12.4 Å². The van der Waals surface area contributed by atoms with Gasteiger partial charge in [0.25, 0.3) is 0 Å². The minimum absolute atomic E-state index is 0.178. The average Bonchev–Trinajstić information content (AvgIpc) is 2.19. The van der Waals surface area contributed by atoms with Gasteiger partial charge in [0.05, 0.1) is 10.2 Å². The lowest BCUT2D eigenvalue weighted by Crippen LogP contribution is -2.34. The maximum atomic E-state index is 5.84. The van der Waals surface area contributed by atoms with Crippen LogP contribution in [0.4, 0.5) is 5.69 Å². The summed E-state index contributed by atoms with van der Waals surface area (Å²) in [6.45, 7) is 6.64. The highest BCUT2D eigenvalue weighted by Gasteiger charge is 2.24. The number of nitrogens with zero attached hydrogens (tertiary/aromatic N) is 1. The Kier molecular flexibility index (Phi) is 5.06. The summed E-state index contributed by atoms with van der Waals surface area (Å²) in [5.74, 6) is 0.664. The molecule has 0 aliphatic heterocycles. The Bertz CT molecular complexity index is 336. The van der Waals surface area contributed by atoms with Crippen LogP contribution in [0.1, 0.15) is 27.2 Å². The van der Waals surface area contributed by atoms with Gasteiger partial charge in [-0.15, -0.1) is 11.6 Å². The highest BCUT2D eigenvalue weighted by atomic mass is 79.9. The van der Waals surface area contributed by atoms with E-state index in [0.717, 1.165) is 16.6 Å². The van der Waals surface area contributed by atoms with E-state index in [1.165, 1.54) is 0 Å². The van der Waals surface area contributed by atoms with Gasteiger partial charge in [-0.05, 0) is 33.8 Å². The van der Waals surface area contributed by atoms with Crippen molar-refractivity contribution in [1.29, 1.82) is 0 Å². The van der Waals surface area contributed by atoms with Crippen molar-refractivity contribution < 1.29 is 0 Å². The number of anilines is 1. The Labute approximate surface area is 111 Å². The summed E-state index contributed by atoms with van der Waals surface area (Å²) in [5.41, 5.74) is 1.25. The topological polar surface area (TPSA) is 24.9 Å². The van der Waals surface area contributed by atoms with Gasteiger partial charge < -0.3 is 5.32 Å². The maximum Gasteiger partial charge on any atom is 0.0590 e. The highest BCUT2D eigenvalue weighted by molar-refractivity contribution is 9.10. The smallest absolute Gasteiger partial charge is 0.0590 e. The number of halogens is 2. The Morgan fingerprint density at radius 3 is 2.69 bits per heavy atom. The van der Waals surface area contributed by atoms with E-state index < -0.39 is 0 Å². The zero-order valence-electron chi connectivity index (χ0n) is 9.93. The van der Waals surface area contributed by atoms with Gasteiger partial charge in [0.1, 0.15) is 0 Å². The van der Waals surface area contributed by atoms with Gasteiger partial charge in [0.15, 0.2) is 0 Å². The van der Waals surface area contributed by atoms with Crippen molar-refractivity contribution in [2.45, 2.75) is 33.2 Å². The van der Waals surface area contributed by atoms with Gasteiger partial charge in [0, 0.05) is 24.3 Å². The molecular formula is C12H18BrClN2. The molecule has 0 aromatic carbocycles. The second-order valence-corrected chi connectivity index (χ2v) is 6.13. The van der Waals surface area contributed by atoms with Crippen LogP contribution in [0.25, 0.3) is 0 Å². The number of pyridine rings is 1. The van der Waals surface area contributed by atoms with E-state index in [-0.39, 0.29) is 5.41 Å². The third-order valence-corrected chi connectivity index (χ3v) is 3.40. The number of nitrogens with one attached hydrogen (secondary N) is 1. The van der Waals surface area contributed by atoms with Crippen LogP contribution in [-0.4, -0.2) is 16.9 Å². The molecule has 1 aromatic rings. The fraction of sp³-hybridized carbons (Fsp3) is 0.583. The molecule has 0 bridgehead atoms. The lowest BCUT2D eigenvalue weighted by atomic mass is 9.85. The zero-order valence-corrected chi connectivity index (χ0v) is 12.3. The van der Waals surface area contributed by atoms with Crippen LogP contribution < -0.4 is 5.32 Å².